The van der Waals surface area contributed by atoms with Crippen LogP contribution in [-0.4, -0.2) is 30.6 Å². The van der Waals surface area contributed by atoms with E-state index in [1.165, 1.54) is 6.07 Å². The third-order valence-corrected chi connectivity index (χ3v) is 5.53. The largest absolute Gasteiger partial charge is 0.493 e. The van der Waals surface area contributed by atoms with E-state index in [1.807, 2.05) is 23.3 Å². The minimum Gasteiger partial charge on any atom is -0.493 e. The Kier molecular flexibility index (Phi) is 4.73. The zero-order valence-electron chi connectivity index (χ0n) is 16.2. The van der Waals surface area contributed by atoms with Crippen LogP contribution in [-0.2, 0) is 17.7 Å². The molecule has 152 valence electrons. The van der Waals surface area contributed by atoms with Crippen molar-refractivity contribution in [3.05, 3.63) is 76.2 Å². The van der Waals surface area contributed by atoms with Gasteiger partial charge in [0.25, 0.3) is 0 Å². The number of rotatable bonds is 4. The van der Waals surface area contributed by atoms with Crippen molar-refractivity contribution >= 4 is 5.84 Å². The molecule has 1 aromatic carbocycles. The van der Waals surface area contributed by atoms with Crippen LogP contribution >= 0.6 is 0 Å². The number of halogens is 1. The van der Waals surface area contributed by atoms with Crippen molar-refractivity contribution in [3.8, 4) is 11.8 Å². The zero-order chi connectivity index (χ0) is 20.5. The second-order valence-electron chi connectivity index (χ2n) is 7.19. The molecule has 4 aliphatic rings. The van der Waals surface area contributed by atoms with E-state index >= 15 is 0 Å². The Morgan fingerprint density at radius 2 is 2.23 bits per heavy atom. The second-order valence-corrected chi connectivity index (χ2v) is 7.19. The number of nitriles is 1. The van der Waals surface area contributed by atoms with E-state index < -0.39 is 0 Å². The number of nitrogens with zero attached hydrogens (tertiary/aromatic N) is 3. The SMILES string of the molecule is N#CC1=C(NCc2c(F)ccc3c2CCO3)N2C=CNN=C2C(C2=CCOCC2)=C1. The third-order valence-electron chi connectivity index (χ3n) is 5.53. The average molecular weight is 405 g/mol. The number of ether oxygens (including phenoxy) is 2. The van der Waals surface area contributed by atoms with Gasteiger partial charge in [-0.25, -0.2) is 4.39 Å². The molecule has 4 aliphatic heterocycles. The first kappa shape index (κ1) is 18.5. The summed E-state index contributed by atoms with van der Waals surface area (Å²) in [4.78, 5) is 1.83. The molecular formula is C22H20FN5O2. The molecule has 4 heterocycles. The monoisotopic (exact) mass is 405 g/mol. The van der Waals surface area contributed by atoms with Gasteiger partial charge in [-0.15, -0.1) is 0 Å². The summed E-state index contributed by atoms with van der Waals surface area (Å²) >= 11 is 0. The van der Waals surface area contributed by atoms with Gasteiger partial charge in [-0.3, -0.25) is 10.3 Å². The molecule has 0 aliphatic carbocycles. The highest BCUT2D eigenvalue weighted by Crippen LogP contribution is 2.32. The second kappa shape index (κ2) is 7.69. The quantitative estimate of drug-likeness (QED) is 0.801. The van der Waals surface area contributed by atoms with Crippen LogP contribution in [0.5, 0.6) is 5.75 Å². The maximum absolute atomic E-state index is 14.5. The maximum Gasteiger partial charge on any atom is 0.166 e. The van der Waals surface area contributed by atoms with Crippen LogP contribution in [0.2, 0.25) is 0 Å². The number of nitrogens with one attached hydrogen (secondary N) is 2. The van der Waals surface area contributed by atoms with Crippen molar-refractivity contribution in [2.75, 3.05) is 19.8 Å². The number of benzene rings is 1. The third kappa shape index (κ3) is 3.13. The number of amidine groups is 1. The first-order valence-electron chi connectivity index (χ1n) is 9.86. The fourth-order valence-electron chi connectivity index (χ4n) is 4.06. The number of hydrazone groups is 1. The molecule has 8 heteroatoms. The molecule has 5 rings (SSSR count). The fourth-order valence-corrected chi connectivity index (χ4v) is 4.06. The number of allylic oxidation sites excluding steroid dienone is 2. The lowest BCUT2D eigenvalue weighted by atomic mass is 9.94. The predicted octanol–water partition coefficient (Wildman–Crippen LogP) is 2.56. The average Bonchev–Trinajstić information content (AvgIpc) is 3.27. The molecule has 0 fully saturated rings. The van der Waals surface area contributed by atoms with Crippen molar-refractivity contribution in [3.63, 3.8) is 0 Å². The molecule has 0 radical (unpaired) electrons. The van der Waals surface area contributed by atoms with Gasteiger partial charge < -0.3 is 14.8 Å². The van der Waals surface area contributed by atoms with Gasteiger partial charge >= 0.3 is 0 Å². The van der Waals surface area contributed by atoms with Crippen LogP contribution < -0.4 is 15.5 Å². The van der Waals surface area contributed by atoms with Gasteiger partial charge in [-0.05, 0) is 30.2 Å². The summed E-state index contributed by atoms with van der Waals surface area (Å²) in [5, 5.41) is 17.5. The number of fused-ring (bicyclic) bond motifs is 2. The Bertz CT molecular complexity index is 1090. The molecule has 0 amide bonds. The van der Waals surface area contributed by atoms with Crippen LogP contribution in [0.4, 0.5) is 4.39 Å². The van der Waals surface area contributed by atoms with Gasteiger partial charge in [0, 0.05) is 42.1 Å². The van der Waals surface area contributed by atoms with Crippen molar-refractivity contribution < 1.29 is 13.9 Å². The topological polar surface area (TPSA) is 81.9 Å². The molecule has 0 bridgehead atoms. The van der Waals surface area contributed by atoms with E-state index in [4.69, 9.17) is 9.47 Å². The molecule has 0 unspecified atom stereocenters. The Morgan fingerprint density at radius 3 is 3.07 bits per heavy atom. The van der Waals surface area contributed by atoms with Gasteiger partial charge in [0.2, 0.25) is 0 Å². The van der Waals surface area contributed by atoms with Crippen LogP contribution in [0.25, 0.3) is 0 Å². The summed E-state index contributed by atoms with van der Waals surface area (Å²) in [5.74, 6) is 1.70. The summed E-state index contributed by atoms with van der Waals surface area (Å²) < 4.78 is 25.5. The van der Waals surface area contributed by atoms with E-state index in [0.717, 1.165) is 28.9 Å². The molecular weight excluding hydrogens is 385 g/mol. The highest BCUT2D eigenvalue weighted by molar-refractivity contribution is 6.05. The van der Waals surface area contributed by atoms with Crippen LogP contribution in [0.3, 0.4) is 0 Å². The minimum atomic E-state index is -0.282. The van der Waals surface area contributed by atoms with Gasteiger partial charge in [0.15, 0.2) is 5.84 Å². The standard InChI is InChI=1S/C22H20FN5O2/c23-19-1-2-20-16(5-10-30-20)18(19)13-25-21-15(12-24)11-17(14-3-8-29-9-4-14)22-27-26-6-7-28(21)22/h1-3,6-7,11,25-26H,4-5,8-10,13H2. The Morgan fingerprint density at radius 1 is 1.30 bits per heavy atom. The molecule has 0 aromatic heterocycles. The van der Waals surface area contributed by atoms with E-state index in [-0.39, 0.29) is 12.4 Å². The predicted molar refractivity (Wildman–Crippen MR) is 108 cm³/mol. The first-order chi connectivity index (χ1) is 14.8. The molecule has 0 atom stereocenters. The fraction of sp³-hybridized carbons (Fsp3) is 0.273. The van der Waals surface area contributed by atoms with E-state index in [2.05, 4.69) is 21.9 Å². The number of hydrogen-bond donors (Lipinski definition) is 2. The van der Waals surface area contributed by atoms with Crippen LogP contribution in [0, 0.1) is 17.1 Å². The van der Waals surface area contributed by atoms with E-state index in [0.29, 0.717) is 49.0 Å². The Labute approximate surface area is 173 Å². The summed E-state index contributed by atoms with van der Waals surface area (Å²) in [6, 6.07) is 5.37. The van der Waals surface area contributed by atoms with Crippen molar-refractivity contribution in [1.29, 1.82) is 5.26 Å². The van der Waals surface area contributed by atoms with Crippen molar-refractivity contribution in [2.45, 2.75) is 19.4 Å². The smallest absolute Gasteiger partial charge is 0.166 e. The molecule has 2 N–H and O–H groups in total. The Hall–Kier alpha value is -3.57. The van der Waals surface area contributed by atoms with Crippen molar-refractivity contribution in [1.82, 2.24) is 15.6 Å². The molecule has 30 heavy (non-hydrogen) atoms. The highest BCUT2D eigenvalue weighted by atomic mass is 19.1. The van der Waals surface area contributed by atoms with E-state index in [9.17, 15) is 9.65 Å². The maximum atomic E-state index is 14.5. The lowest BCUT2D eigenvalue weighted by Crippen LogP contribution is -2.40. The van der Waals surface area contributed by atoms with E-state index in [1.54, 1.807) is 12.3 Å². The lowest BCUT2D eigenvalue weighted by Gasteiger charge is -2.34. The van der Waals surface area contributed by atoms with Crippen LogP contribution in [0.15, 0.2) is 64.3 Å². The normalized spacial score (nSPS) is 19.6. The summed E-state index contributed by atoms with van der Waals surface area (Å²) in [7, 11) is 0. The molecule has 0 spiro atoms. The van der Waals surface area contributed by atoms with Gasteiger partial charge in [0.1, 0.15) is 23.5 Å². The molecule has 1 aromatic rings. The van der Waals surface area contributed by atoms with Gasteiger partial charge in [-0.2, -0.15) is 10.4 Å². The highest BCUT2D eigenvalue weighted by Gasteiger charge is 2.30. The number of hydrogen-bond acceptors (Lipinski definition) is 7. The first-order valence-corrected chi connectivity index (χ1v) is 9.86. The zero-order valence-corrected chi connectivity index (χ0v) is 16.2. The summed E-state index contributed by atoms with van der Waals surface area (Å²) in [5.41, 5.74) is 6.77. The van der Waals surface area contributed by atoms with Gasteiger partial charge in [-0.1, -0.05) is 6.08 Å². The van der Waals surface area contributed by atoms with Crippen LogP contribution in [0.1, 0.15) is 17.5 Å². The lowest BCUT2D eigenvalue weighted by molar-refractivity contribution is 0.155. The molecule has 7 nitrogen and oxygen atoms in total. The molecule has 0 saturated carbocycles. The summed E-state index contributed by atoms with van der Waals surface area (Å²) in [6.07, 6.45) is 8.79. The molecule has 0 saturated heterocycles. The minimum absolute atomic E-state index is 0.240. The summed E-state index contributed by atoms with van der Waals surface area (Å²) in [6.45, 7) is 1.97. The van der Waals surface area contributed by atoms with Gasteiger partial charge in [0.05, 0.1) is 25.4 Å². The van der Waals surface area contributed by atoms with Crippen molar-refractivity contribution in [2.24, 2.45) is 5.10 Å². The Balaban J connectivity index is 1.51.